The lowest BCUT2D eigenvalue weighted by Gasteiger charge is -2.35. The first-order chi connectivity index (χ1) is 19.6. The Morgan fingerprint density at radius 2 is 1.68 bits per heavy atom. The van der Waals surface area contributed by atoms with Gasteiger partial charge in [-0.1, -0.05) is 17.7 Å². The van der Waals surface area contributed by atoms with Gasteiger partial charge in [0, 0.05) is 36.9 Å². The standard InChI is InChI=1S/C29H27BrClN5O5/c1-17-13-21(14-18(2)26(17)41-22-7-8-24(40-3)23(30)16-22)36-29(39)32-27(37)25(33-36)28(38)35-11-9-34(10-12-35)20-6-4-5-19(31)15-20/h4-8,13-16H,9-12H2,1-3H3,(H,32,37,39). The van der Waals surface area contributed by atoms with Crippen molar-refractivity contribution in [2.24, 2.45) is 0 Å². The third-order valence-electron chi connectivity index (χ3n) is 6.80. The summed E-state index contributed by atoms with van der Waals surface area (Å²) in [5.41, 5.74) is 0.903. The van der Waals surface area contributed by atoms with E-state index in [-0.39, 0.29) is 5.69 Å². The number of ether oxygens (including phenoxy) is 2. The molecule has 1 aliphatic rings. The van der Waals surface area contributed by atoms with Gasteiger partial charge < -0.3 is 19.3 Å². The highest BCUT2D eigenvalue weighted by Gasteiger charge is 2.26. The maximum Gasteiger partial charge on any atom is 0.349 e. The molecule has 212 valence electrons. The molecule has 5 rings (SSSR count). The fourth-order valence-electron chi connectivity index (χ4n) is 4.74. The van der Waals surface area contributed by atoms with Gasteiger partial charge in [-0.15, -0.1) is 0 Å². The molecule has 1 saturated heterocycles. The third-order valence-corrected chi connectivity index (χ3v) is 7.66. The van der Waals surface area contributed by atoms with Crippen LogP contribution in [-0.4, -0.2) is 58.9 Å². The number of anilines is 1. The van der Waals surface area contributed by atoms with Crippen molar-refractivity contribution in [3.8, 4) is 22.9 Å². The number of nitrogens with zero attached hydrogens (tertiary/aromatic N) is 4. The first-order valence-corrected chi connectivity index (χ1v) is 14.0. The number of aryl methyl sites for hydroxylation is 2. The van der Waals surface area contributed by atoms with E-state index in [4.69, 9.17) is 21.1 Å². The number of rotatable bonds is 6. The Labute approximate surface area is 249 Å². The van der Waals surface area contributed by atoms with Gasteiger partial charge in [0.05, 0.1) is 17.3 Å². The summed E-state index contributed by atoms with van der Waals surface area (Å²) in [6.07, 6.45) is 0. The van der Waals surface area contributed by atoms with Gasteiger partial charge in [0.25, 0.3) is 11.5 Å². The summed E-state index contributed by atoms with van der Waals surface area (Å²) in [4.78, 5) is 44.7. The van der Waals surface area contributed by atoms with Crippen molar-refractivity contribution in [2.75, 3.05) is 38.2 Å². The molecule has 2 heterocycles. The number of hydrogen-bond donors (Lipinski definition) is 1. The lowest BCUT2D eigenvalue weighted by atomic mass is 10.1. The van der Waals surface area contributed by atoms with Crippen LogP contribution in [0, 0.1) is 13.8 Å². The van der Waals surface area contributed by atoms with Gasteiger partial charge >= 0.3 is 5.69 Å². The zero-order valence-electron chi connectivity index (χ0n) is 22.6. The Morgan fingerprint density at radius 1 is 0.976 bits per heavy atom. The average molecular weight is 641 g/mol. The van der Waals surface area contributed by atoms with Gasteiger partial charge in [0.2, 0.25) is 5.69 Å². The molecule has 1 N–H and O–H groups in total. The van der Waals surface area contributed by atoms with Crippen molar-refractivity contribution < 1.29 is 14.3 Å². The number of methoxy groups -OCH3 is 1. The first kappa shape index (κ1) is 28.4. The van der Waals surface area contributed by atoms with Crippen LogP contribution in [0.2, 0.25) is 5.02 Å². The van der Waals surface area contributed by atoms with Crippen molar-refractivity contribution in [1.82, 2.24) is 19.7 Å². The third kappa shape index (κ3) is 6.01. The van der Waals surface area contributed by atoms with Gasteiger partial charge in [0.1, 0.15) is 17.2 Å². The van der Waals surface area contributed by atoms with Crippen LogP contribution in [0.3, 0.4) is 0 Å². The molecular formula is C29H27BrClN5O5. The molecule has 1 amide bonds. The largest absolute Gasteiger partial charge is 0.496 e. The quantitative estimate of drug-likeness (QED) is 0.325. The average Bonchev–Trinajstić information content (AvgIpc) is 2.95. The van der Waals surface area contributed by atoms with Gasteiger partial charge in [0.15, 0.2) is 0 Å². The molecule has 0 radical (unpaired) electrons. The minimum atomic E-state index is -0.827. The lowest BCUT2D eigenvalue weighted by molar-refractivity contribution is 0.0736. The molecular weight excluding hydrogens is 614 g/mol. The number of aromatic amines is 1. The Balaban J connectivity index is 1.38. The number of benzene rings is 3. The van der Waals surface area contributed by atoms with E-state index in [0.29, 0.717) is 54.1 Å². The zero-order valence-corrected chi connectivity index (χ0v) is 25.0. The summed E-state index contributed by atoms with van der Waals surface area (Å²) in [7, 11) is 1.59. The summed E-state index contributed by atoms with van der Waals surface area (Å²) >= 11 is 9.58. The number of aromatic nitrogens is 3. The molecule has 0 bridgehead atoms. The highest BCUT2D eigenvalue weighted by molar-refractivity contribution is 9.10. The van der Waals surface area contributed by atoms with Crippen molar-refractivity contribution in [3.63, 3.8) is 0 Å². The molecule has 4 aromatic rings. The molecule has 0 aliphatic carbocycles. The van der Waals surface area contributed by atoms with Crippen molar-refractivity contribution in [2.45, 2.75) is 13.8 Å². The van der Waals surface area contributed by atoms with Crippen LogP contribution in [0.25, 0.3) is 5.69 Å². The molecule has 41 heavy (non-hydrogen) atoms. The van der Waals surface area contributed by atoms with Gasteiger partial charge in [-0.25, -0.2) is 4.79 Å². The molecule has 10 nitrogen and oxygen atoms in total. The predicted molar refractivity (Wildman–Crippen MR) is 160 cm³/mol. The van der Waals surface area contributed by atoms with Crippen LogP contribution in [0.5, 0.6) is 17.2 Å². The van der Waals surface area contributed by atoms with Crippen LogP contribution < -0.4 is 25.6 Å². The number of H-pyrrole nitrogens is 1. The number of nitrogens with one attached hydrogen (secondary N) is 1. The molecule has 0 atom stereocenters. The summed E-state index contributed by atoms with van der Waals surface area (Å²) in [6, 6.07) is 16.3. The van der Waals surface area contributed by atoms with E-state index in [9.17, 15) is 14.4 Å². The normalized spacial score (nSPS) is 13.3. The monoisotopic (exact) mass is 639 g/mol. The fraction of sp³-hybridized carbons (Fsp3) is 0.241. The SMILES string of the molecule is COc1ccc(Oc2c(C)cc(-n3nc(C(=O)N4CCN(c5cccc(Cl)c5)CC4)c(=O)[nH]c3=O)cc2C)cc1Br. The Morgan fingerprint density at radius 3 is 2.32 bits per heavy atom. The smallest absolute Gasteiger partial charge is 0.349 e. The topological polar surface area (TPSA) is 110 Å². The summed E-state index contributed by atoms with van der Waals surface area (Å²) in [5, 5.41) is 4.85. The minimum absolute atomic E-state index is 0.348. The van der Waals surface area contributed by atoms with E-state index >= 15 is 0 Å². The summed E-state index contributed by atoms with van der Waals surface area (Å²) < 4.78 is 13.2. The van der Waals surface area contributed by atoms with Crippen LogP contribution in [0.15, 0.2) is 68.7 Å². The van der Waals surface area contributed by atoms with Crippen molar-refractivity contribution >= 4 is 39.1 Å². The van der Waals surface area contributed by atoms with Crippen LogP contribution in [0.4, 0.5) is 5.69 Å². The molecule has 3 aromatic carbocycles. The van der Waals surface area contributed by atoms with Gasteiger partial charge in [-0.2, -0.15) is 9.78 Å². The van der Waals surface area contributed by atoms with Crippen LogP contribution >= 0.6 is 27.5 Å². The maximum absolute atomic E-state index is 13.3. The predicted octanol–water partition coefficient (Wildman–Crippen LogP) is 4.72. The van der Waals surface area contributed by atoms with E-state index in [0.717, 1.165) is 26.0 Å². The summed E-state index contributed by atoms with van der Waals surface area (Å²) in [6.45, 7) is 5.58. The highest BCUT2D eigenvalue weighted by atomic mass is 79.9. The number of piperazine rings is 1. The molecule has 1 aromatic heterocycles. The van der Waals surface area contributed by atoms with E-state index in [2.05, 4.69) is 30.9 Å². The fourth-order valence-corrected chi connectivity index (χ4v) is 5.45. The number of amides is 1. The van der Waals surface area contributed by atoms with E-state index in [1.807, 2.05) is 32.0 Å². The minimum Gasteiger partial charge on any atom is -0.496 e. The van der Waals surface area contributed by atoms with E-state index in [1.54, 1.807) is 48.4 Å². The first-order valence-electron chi connectivity index (χ1n) is 12.8. The Kier molecular flexibility index (Phi) is 8.18. The summed E-state index contributed by atoms with van der Waals surface area (Å²) in [5.74, 6) is 1.35. The second kappa shape index (κ2) is 11.8. The second-order valence-electron chi connectivity index (χ2n) is 9.59. The van der Waals surface area contributed by atoms with Gasteiger partial charge in [-0.05, 0) is 89.4 Å². The van der Waals surface area contributed by atoms with Crippen molar-refractivity contribution in [1.29, 1.82) is 0 Å². The van der Waals surface area contributed by atoms with Gasteiger partial charge in [-0.3, -0.25) is 14.6 Å². The van der Waals surface area contributed by atoms with Crippen molar-refractivity contribution in [3.05, 3.63) is 102 Å². The zero-order chi connectivity index (χ0) is 29.3. The maximum atomic E-state index is 13.3. The van der Waals surface area contributed by atoms with Crippen LogP contribution in [-0.2, 0) is 0 Å². The number of carbonyl (C=O) groups excluding carboxylic acids is 1. The molecule has 0 saturated carbocycles. The number of halogens is 2. The molecule has 1 fully saturated rings. The van der Waals surface area contributed by atoms with Crippen LogP contribution in [0.1, 0.15) is 21.6 Å². The molecule has 1 aliphatic heterocycles. The van der Waals surface area contributed by atoms with E-state index in [1.165, 1.54) is 0 Å². The highest BCUT2D eigenvalue weighted by Crippen LogP contribution is 2.34. The van der Waals surface area contributed by atoms with E-state index < -0.39 is 17.2 Å². The number of hydrogen-bond acceptors (Lipinski definition) is 7. The second-order valence-corrected chi connectivity index (χ2v) is 10.9. The Hall–Kier alpha value is -4.09. The Bertz CT molecular complexity index is 1720. The molecule has 0 spiro atoms. The number of carbonyl (C=O) groups is 1. The molecule has 12 heteroatoms. The molecule has 0 unspecified atom stereocenters. The lowest BCUT2D eigenvalue weighted by Crippen LogP contribution is -2.50.